The average Bonchev–Trinajstić information content (AvgIpc) is 2.15. The summed E-state index contributed by atoms with van der Waals surface area (Å²) < 4.78 is 39.7. The predicted molar refractivity (Wildman–Crippen MR) is 49.1 cm³/mol. The molecule has 0 rings (SSSR count). The molecule has 0 saturated heterocycles. The average molecular weight is 237 g/mol. The Hall–Kier alpha value is -1.79. The lowest BCUT2D eigenvalue weighted by molar-refractivity contribution is -0.165. The predicted octanol–water partition coefficient (Wildman–Crippen LogP) is 1.08. The summed E-state index contributed by atoms with van der Waals surface area (Å²) in [4.78, 5) is 21.5. The molecule has 0 aliphatic heterocycles. The summed E-state index contributed by atoms with van der Waals surface area (Å²) in [6.07, 6.45) is -4.07. The van der Waals surface area contributed by atoms with Crippen LogP contribution in [0.2, 0.25) is 0 Å². The molecule has 2 N–H and O–H groups in total. The molecule has 0 aromatic carbocycles. The first kappa shape index (κ1) is 14.2. The van der Waals surface area contributed by atoms with E-state index in [2.05, 4.69) is 4.74 Å². The van der Waals surface area contributed by atoms with Gasteiger partial charge < -0.3 is 10.5 Å². The van der Waals surface area contributed by atoms with Gasteiger partial charge >= 0.3 is 12.1 Å². The van der Waals surface area contributed by atoms with E-state index in [0.717, 1.165) is 7.11 Å². The maximum atomic E-state index is 11.8. The van der Waals surface area contributed by atoms with Crippen LogP contribution < -0.4 is 5.73 Å². The third-order valence-electron chi connectivity index (χ3n) is 1.51. The Morgan fingerprint density at radius 1 is 1.25 bits per heavy atom. The Labute approximate surface area is 89.6 Å². The molecule has 90 valence electrons. The Morgan fingerprint density at radius 3 is 2.06 bits per heavy atom. The highest BCUT2D eigenvalue weighted by Crippen LogP contribution is 2.17. The number of nitrogens with two attached hydrogens (primary N) is 1. The standard InChI is InChI=1S/C9H10F3NO3/c1-5(13)6(8(15)16-2)3-4-7(14)9(10,11)12/h3-4H,13H2,1-2H3/b4-3-,6-5+. The number of carbonyl (C=O) groups excluding carboxylic acids is 2. The van der Waals surface area contributed by atoms with E-state index in [1.807, 2.05) is 0 Å². The van der Waals surface area contributed by atoms with E-state index in [4.69, 9.17) is 5.73 Å². The number of methoxy groups -OCH3 is 1. The van der Waals surface area contributed by atoms with E-state index in [9.17, 15) is 22.8 Å². The van der Waals surface area contributed by atoms with Gasteiger partial charge in [-0.2, -0.15) is 13.2 Å². The van der Waals surface area contributed by atoms with Gasteiger partial charge in [0.1, 0.15) is 0 Å². The Balaban J connectivity index is 4.95. The minimum absolute atomic E-state index is 0.0434. The van der Waals surface area contributed by atoms with Crippen LogP contribution in [0.4, 0.5) is 13.2 Å². The lowest BCUT2D eigenvalue weighted by atomic mass is 10.2. The number of hydrogen-bond acceptors (Lipinski definition) is 4. The Morgan fingerprint density at radius 2 is 1.75 bits per heavy atom. The summed E-state index contributed by atoms with van der Waals surface area (Å²) in [5, 5.41) is 0. The number of hydrogen-bond donors (Lipinski definition) is 1. The summed E-state index contributed by atoms with van der Waals surface area (Å²) in [6.45, 7) is 1.30. The fraction of sp³-hybridized carbons (Fsp3) is 0.333. The van der Waals surface area contributed by atoms with Gasteiger partial charge in [0.15, 0.2) is 0 Å². The molecule has 0 atom stereocenters. The molecular weight excluding hydrogens is 227 g/mol. The lowest BCUT2D eigenvalue weighted by Gasteiger charge is -2.03. The minimum Gasteiger partial charge on any atom is -0.465 e. The molecule has 0 saturated carbocycles. The minimum atomic E-state index is -4.97. The van der Waals surface area contributed by atoms with Crippen LogP contribution in [0, 0.1) is 0 Å². The van der Waals surface area contributed by atoms with Crippen LogP contribution in [0.3, 0.4) is 0 Å². The quantitative estimate of drug-likeness (QED) is 0.453. The van der Waals surface area contributed by atoms with Crippen molar-refractivity contribution < 1.29 is 27.5 Å². The van der Waals surface area contributed by atoms with Crippen LogP contribution in [0.25, 0.3) is 0 Å². The van der Waals surface area contributed by atoms with Crippen molar-refractivity contribution in [2.24, 2.45) is 5.73 Å². The Bertz CT molecular complexity index is 352. The Kier molecular flexibility index (Phi) is 4.74. The van der Waals surface area contributed by atoms with Crippen LogP contribution in [0.1, 0.15) is 6.92 Å². The number of halogens is 3. The second-order valence-electron chi connectivity index (χ2n) is 2.78. The van der Waals surface area contributed by atoms with E-state index in [1.54, 1.807) is 0 Å². The first-order valence-electron chi connectivity index (χ1n) is 4.04. The number of rotatable bonds is 3. The third kappa shape index (κ3) is 4.16. The summed E-state index contributed by atoms with van der Waals surface area (Å²) >= 11 is 0. The van der Waals surface area contributed by atoms with Gasteiger partial charge in [0.25, 0.3) is 5.78 Å². The van der Waals surface area contributed by atoms with E-state index in [0.29, 0.717) is 6.08 Å². The molecule has 0 amide bonds. The summed E-state index contributed by atoms with van der Waals surface area (Å²) in [5.41, 5.74) is 4.91. The zero-order chi connectivity index (χ0) is 12.9. The van der Waals surface area contributed by atoms with Crippen molar-refractivity contribution in [2.45, 2.75) is 13.1 Å². The van der Waals surface area contributed by atoms with Gasteiger partial charge in [0.2, 0.25) is 0 Å². The molecule has 0 unspecified atom stereocenters. The topological polar surface area (TPSA) is 69.4 Å². The molecule has 0 fully saturated rings. The lowest BCUT2D eigenvalue weighted by Crippen LogP contribution is -2.20. The maximum Gasteiger partial charge on any atom is 0.454 e. The van der Waals surface area contributed by atoms with Crippen LogP contribution in [-0.4, -0.2) is 25.0 Å². The number of ether oxygens (including phenoxy) is 1. The fourth-order valence-electron chi connectivity index (χ4n) is 0.724. The van der Waals surface area contributed by atoms with Crippen LogP contribution >= 0.6 is 0 Å². The zero-order valence-electron chi connectivity index (χ0n) is 8.59. The third-order valence-corrected chi connectivity index (χ3v) is 1.51. The summed E-state index contributed by atoms with van der Waals surface area (Å²) in [5.74, 6) is -2.98. The van der Waals surface area contributed by atoms with Gasteiger partial charge in [-0.1, -0.05) is 0 Å². The number of carbonyl (C=O) groups is 2. The molecule has 7 heteroatoms. The van der Waals surface area contributed by atoms with Crippen molar-refractivity contribution in [1.29, 1.82) is 0 Å². The first-order chi connectivity index (χ1) is 7.20. The van der Waals surface area contributed by atoms with E-state index < -0.39 is 17.9 Å². The molecule has 0 aromatic rings. The molecule has 0 spiro atoms. The molecule has 0 aromatic heterocycles. The van der Waals surface area contributed by atoms with Gasteiger partial charge in [-0.25, -0.2) is 4.79 Å². The number of allylic oxidation sites excluding steroid dienone is 2. The summed E-state index contributed by atoms with van der Waals surface area (Å²) in [7, 11) is 1.05. The molecule has 0 aliphatic rings. The fourth-order valence-corrected chi connectivity index (χ4v) is 0.724. The number of alkyl halides is 3. The van der Waals surface area contributed by atoms with Crippen LogP contribution in [-0.2, 0) is 14.3 Å². The highest BCUT2D eigenvalue weighted by Gasteiger charge is 2.36. The van der Waals surface area contributed by atoms with E-state index >= 15 is 0 Å². The van der Waals surface area contributed by atoms with Gasteiger partial charge in [0, 0.05) is 5.70 Å². The van der Waals surface area contributed by atoms with Crippen molar-refractivity contribution >= 4 is 11.8 Å². The maximum absolute atomic E-state index is 11.8. The van der Waals surface area contributed by atoms with Crippen LogP contribution in [0.15, 0.2) is 23.4 Å². The largest absolute Gasteiger partial charge is 0.465 e. The van der Waals surface area contributed by atoms with Gasteiger partial charge in [-0.15, -0.1) is 0 Å². The van der Waals surface area contributed by atoms with Crippen molar-refractivity contribution in [3.05, 3.63) is 23.4 Å². The van der Waals surface area contributed by atoms with Crippen molar-refractivity contribution in [2.75, 3.05) is 7.11 Å². The van der Waals surface area contributed by atoms with Gasteiger partial charge in [-0.05, 0) is 19.1 Å². The van der Waals surface area contributed by atoms with Crippen molar-refractivity contribution in [3.63, 3.8) is 0 Å². The molecule has 16 heavy (non-hydrogen) atoms. The van der Waals surface area contributed by atoms with Gasteiger partial charge in [0.05, 0.1) is 12.7 Å². The molecule has 0 radical (unpaired) electrons. The second-order valence-corrected chi connectivity index (χ2v) is 2.78. The number of esters is 1. The monoisotopic (exact) mass is 237 g/mol. The molecular formula is C9H10F3NO3. The SMILES string of the molecule is COC(=O)C(/C=C\C(=O)C(F)(F)F)=C(\C)N. The molecule has 0 bridgehead atoms. The summed E-state index contributed by atoms with van der Waals surface area (Å²) in [6, 6.07) is 0. The normalized spacial score (nSPS) is 13.6. The van der Waals surface area contributed by atoms with E-state index in [1.165, 1.54) is 6.92 Å². The molecule has 4 nitrogen and oxygen atoms in total. The van der Waals surface area contributed by atoms with Crippen molar-refractivity contribution in [1.82, 2.24) is 0 Å². The van der Waals surface area contributed by atoms with Gasteiger partial charge in [-0.3, -0.25) is 4.79 Å². The highest BCUT2D eigenvalue weighted by atomic mass is 19.4. The first-order valence-corrected chi connectivity index (χ1v) is 4.04. The highest BCUT2D eigenvalue weighted by molar-refractivity contribution is 5.98. The second kappa shape index (κ2) is 5.34. The molecule has 0 aliphatic carbocycles. The number of ketones is 1. The smallest absolute Gasteiger partial charge is 0.454 e. The molecule has 0 heterocycles. The van der Waals surface area contributed by atoms with E-state index in [-0.39, 0.29) is 17.3 Å². The zero-order valence-corrected chi connectivity index (χ0v) is 8.59. The van der Waals surface area contributed by atoms with Crippen LogP contribution in [0.5, 0.6) is 0 Å². The van der Waals surface area contributed by atoms with Crippen molar-refractivity contribution in [3.8, 4) is 0 Å².